The molecule has 1 rings (SSSR count). The summed E-state index contributed by atoms with van der Waals surface area (Å²) in [6, 6.07) is 0.317. The third-order valence-electron chi connectivity index (χ3n) is 3.70. The fourth-order valence-electron chi connectivity index (χ4n) is 2.94. The van der Waals surface area contributed by atoms with Gasteiger partial charge in [-0.2, -0.15) is 0 Å². The Morgan fingerprint density at radius 2 is 2.17 bits per heavy atom. The lowest BCUT2D eigenvalue weighted by Crippen LogP contribution is -2.45. The highest BCUT2D eigenvalue weighted by atomic mass is 16.5. The van der Waals surface area contributed by atoms with Crippen molar-refractivity contribution in [3.63, 3.8) is 0 Å². The summed E-state index contributed by atoms with van der Waals surface area (Å²) in [4.78, 5) is 12.2. The lowest BCUT2D eigenvalue weighted by atomic mass is 9.79. The summed E-state index contributed by atoms with van der Waals surface area (Å²) < 4.78 is 5.15. The Balaban J connectivity index is 2.46. The van der Waals surface area contributed by atoms with E-state index in [2.05, 4.69) is 19.2 Å². The van der Waals surface area contributed by atoms with Crippen LogP contribution in [0.3, 0.4) is 0 Å². The molecule has 0 spiro atoms. The second kappa shape index (κ2) is 7.74. The van der Waals surface area contributed by atoms with Crippen LogP contribution in [0, 0.1) is 11.8 Å². The van der Waals surface area contributed by atoms with Crippen LogP contribution in [0.5, 0.6) is 0 Å². The standard InChI is InChI=1S/C14H28N2O2/c1-4-5-13(9-18-3)16-14(17)11-6-10(2)7-12(15)8-11/h10-13H,4-9,15H2,1-3H3,(H,16,17). The lowest BCUT2D eigenvalue weighted by molar-refractivity contribution is -0.127. The Hall–Kier alpha value is -0.610. The smallest absolute Gasteiger partial charge is 0.223 e. The van der Waals surface area contributed by atoms with Crippen molar-refractivity contribution in [3.8, 4) is 0 Å². The van der Waals surface area contributed by atoms with E-state index in [0.29, 0.717) is 12.5 Å². The average Bonchev–Trinajstić information content (AvgIpc) is 2.28. The topological polar surface area (TPSA) is 64.3 Å². The number of carbonyl (C=O) groups is 1. The molecule has 1 aliphatic rings. The summed E-state index contributed by atoms with van der Waals surface area (Å²) in [6.07, 6.45) is 4.84. The van der Waals surface area contributed by atoms with Gasteiger partial charge in [-0.3, -0.25) is 4.79 Å². The normalized spacial score (nSPS) is 29.9. The number of carbonyl (C=O) groups excluding carboxylic acids is 1. The minimum atomic E-state index is 0.0833. The largest absolute Gasteiger partial charge is 0.383 e. The number of amides is 1. The SMILES string of the molecule is CCCC(COC)NC(=O)C1CC(C)CC(N)C1. The van der Waals surface area contributed by atoms with E-state index < -0.39 is 0 Å². The van der Waals surface area contributed by atoms with E-state index in [0.717, 1.165) is 32.1 Å². The Kier molecular flexibility index (Phi) is 6.65. The van der Waals surface area contributed by atoms with Crippen LogP contribution in [-0.2, 0) is 9.53 Å². The van der Waals surface area contributed by atoms with Crippen LogP contribution in [-0.4, -0.2) is 31.7 Å². The van der Waals surface area contributed by atoms with Crippen molar-refractivity contribution in [1.29, 1.82) is 0 Å². The number of ether oxygens (including phenoxy) is 1. The van der Waals surface area contributed by atoms with Crippen LogP contribution < -0.4 is 11.1 Å². The van der Waals surface area contributed by atoms with E-state index >= 15 is 0 Å². The minimum Gasteiger partial charge on any atom is -0.383 e. The summed E-state index contributed by atoms with van der Waals surface area (Å²) in [6.45, 7) is 4.89. The maximum Gasteiger partial charge on any atom is 0.223 e. The summed E-state index contributed by atoms with van der Waals surface area (Å²) in [7, 11) is 1.67. The number of methoxy groups -OCH3 is 1. The van der Waals surface area contributed by atoms with Crippen LogP contribution >= 0.6 is 0 Å². The molecule has 0 radical (unpaired) electrons. The maximum atomic E-state index is 12.2. The van der Waals surface area contributed by atoms with Crippen molar-refractivity contribution in [3.05, 3.63) is 0 Å². The molecule has 0 saturated heterocycles. The molecule has 0 aliphatic heterocycles. The highest BCUT2D eigenvalue weighted by Gasteiger charge is 2.30. The highest BCUT2D eigenvalue weighted by Crippen LogP contribution is 2.28. The van der Waals surface area contributed by atoms with Gasteiger partial charge in [-0.05, 0) is 31.6 Å². The zero-order valence-electron chi connectivity index (χ0n) is 11.9. The first-order chi connectivity index (χ1) is 8.56. The monoisotopic (exact) mass is 256 g/mol. The zero-order chi connectivity index (χ0) is 13.5. The third-order valence-corrected chi connectivity index (χ3v) is 3.70. The van der Waals surface area contributed by atoms with Crippen molar-refractivity contribution in [2.45, 2.75) is 58.0 Å². The molecule has 1 fully saturated rings. The van der Waals surface area contributed by atoms with Crippen molar-refractivity contribution in [2.24, 2.45) is 17.6 Å². The first-order valence-electron chi connectivity index (χ1n) is 7.11. The molecule has 4 unspecified atom stereocenters. The summed E-state index contributed by atoms with van der Waals surface area (Å²) in [5.41, 5.74) is 6.00. The predicted molar refractivity (Wildman–Crippen MR) is 73.2 cm³/mol. The first-order valence-corrected chi connectivity index (χ1v) is 7.11. The van der Waals surface area contributed by atoms with Gasteiger partial charge < -0.3 is 15.8 Å². The van der Waals surface area contributed by atoms with E-state index in [1.165, 1.54) is 0 Å². The fourth-order valence-corrected chi connectivity index (χ4v) is 2.94. The molecule has 1 aliphatic carbocycles. The molecule has 0 bridgehead atoms. The van der Waals surface area contributed by atoms with Crippen molar-refractivity contribution < 1.29 is 9.53 Å². The Morgan fingerprint density at radius 1 is 1.44 bits per heavy atom. The van der Waals surface area contributed by atoms with Gasteiger partial charge in [-0.15, -0.1) is 0 Å². The molecule has 4 atom stereocenters. The second-order valence-corrected chi connectivity index (χ2v) is 5.72. The molecule has 3 N–H and O–H groups in total. The van der Waals surface area contributed by atoms with Gasteiger partial charge in [0.1, 0.15) is 0 Å². The first kappa shape index (κ1) is 15.4. The van der Waals surface area contributed by atoms with E-state index in [9.17, 15) is 4.79 Å². The summed E-state index contributed by atoms with van der Waals surface area (Å²) >= 11 is 0. The van der Waals surface area contributed by atoms with E-state index in [1.807, 2.05) is 0 Å². The molecule has 0 aromatic carbocycles. The van der Waals surface area contributed by atoms with Gasteiger partial charge in [0.05, 0.1) is 12.6 Å². The molecule has 0 heterocycles. The van der Waals surface area contributed by atoms with Crippen LogP contribution in [0.2, 0.25) is 0 Å². The molecule has 0 aromatic rings. The Labute approximate surface area is 111 Å². The summed E-state index contributed by atoms with van der Waals surface area (Å²) in [5.74, 6) is 0.795. The predicted octanol–water partition coefficient (Wildman–Crippen LogP) is 1.68. The molecule has 1 amide bonds. The molecule has 0 aromatic heterocycles. The van der Waals surface area contributed by atoms with Gasteiger partial charge in [0, 0.05) is 19.1 Å². The van der Waals surface area contributed by atoms with Gasteiger partial charge in [0.15, 0.2) is 0 Å². The average molecular weight is 256 g/mol. The van der Waals surface area contributed by atoms with Gasteiger partial charge in [-0.1, -0.05) is 20.3 Å². The number of nitrogens with two attached hydrogens (primary N) is 1. The van der Waals surface area contributed by atoms with E-state index in [-0.39, 0.29) is 23.9 Å². The van der Waals surface area contributed by atoms with Crippen LogP contribution in [0.1, 0.15) is 46.0 Å². The fraction of sp³-hybridized carbons (Fsp3) is 0.929. The number of hydrogen-bond acceptors (Lipinski definition) is 3. The minimum absolute atomic E-state index is 0.0833. The number of nitrogens with one attached hydrogen (secondary N) is 1. The zero-order valence-corrected chi connectivity index (χ0v) is 11.9. The molecule has 4 heteroatoms. The summed E-state index contributed by atoms with van der Waals surface area (Å²) in [5, 5.41) is 3.11. The number of rotatable bonds is 6. The van der Waals surface area contributed by atoms with E-state index in [4.69, 9.17) is 10.5 Å². The molecule has 4 nitrogen and oxygen atoms in total. The second-order valence-electron chi connectivity index (χ2n) is 5.72. The molecular weight excluding hydrogens is 228 g/mol. The van der Waals surface area contributed by atoms with Gasteiger partial charge in [-0.25, -0.2) is 0 Å². The van der Waals surface area contributed by atoms with Crippen molar-refractivity contribution in [1.82, 2.24) is 5.32 Å². The maximum absolute atomic E-state index is 12.2. The Morgan fingerprint density at radius 3 is 2.72 bits per heavy atom. The van der Waals surface area contributed by atoms with E-state index in [1.54, 1.807) is 7.11 Å². The van der Waals surface area contributed by atoms with Crippen molar-refractivity contribution >= 4 is 5.91 Å². The Bertz CT molecular complexity index is 242. The molecule has 18 heavy (non-hydrogen) atoms. The van der Waals surface area contributed by atoms with Gasteiger partial charge in [0.2, 0.25) is 5.91 Å². The number of hydrogen-bond donors (Lipinski definition) is 2. The van der Waals surface area contributed by atoms with Crippen LogP contribution in [0.25, 0.3) is 0 Å². The van der Waals surface area contributed by atoms with Gasteiger partial charge >= 0.3 is 0 Å². The van der Waals surface area contributed by atoms with Crippen LogP contribution in [0.4, 0.5) is 0 Å². The highest BCUT2D eigenvalue weighted by molar-refractivity contribution is 5.79. The van der Waals surface area contributed by atoms with Crippen LogP contribution in [0.15, 0.2) is 0 Å². The quantitative estimate of drug-likeness (QED) is 0.760. The van der Waals surface area contributed by atoms with Crippen molar-refractivity contribution in [2.75, 3.05) is 13.7 Å². The lowest BCUT2D eigenvalue weighted by Gasteiger charge is -2.31. The van der Waals surface area contributed by atoms with Gasteiger partial charge in [0.25, 0.3) is 0 Å². The molecular formula is C14H28N2O2. The molecule has 1 saturated carbocycles. The molecule has 106 valence electrons. The third kappa shape index (κ3) is 4.94.